The summed E-state index contributed by atoms with van der Waals surface area (Å²) in [7, 11) is 5.55. The second-order valence-electron chi connectivity index (χ2n) is 4.72. The predicted molar refractivity (Wildman–Crippen MR) is 75.6 cm³/mol. The molecule has 0 aliphatic rings. The first kappa shape index (κ1) is 13.4. The molecule has 2 N–H and O–H groups in total. The normalized spacial score (nSPS) is 11.2. The summed E-state index contributed by atoms with van der Waals surface area (Å²) in [6.07, 6.45) is 0. The molecule has 2 aromatic rings. The number of ether oxygens (including phenoxy) is 1. The van der Waals surface area contributed by atoms with Gasteiger partial charge in [0.05, 0.1) is 12.6 Å². The average Bonchev–Trinajstić information content (AvgIpc) is 2.70. The first-order valence-electron chi connectivity index (χ1n) is 6.16. The Bertz CT molecular complexity index is 602. The number of nitrogens with zero attached hydrogens (tertiary/aromatic N) is 2. The van der Waals surface area contributed by atoms with Gasteiger partial charge in [0, 0.05) is 18.5 Å². The summed E-state index contributed by atoms with van der Waals surface area (Å²) in [5, 5.41) is 0.914. The Kier molecular flexibility index (Phi) is 3.76. The molecule has 5 heteroatoms. The highest BCUT2D eigenvalue weighted by Gasteiger charge is 2.21. The largest absolute Gasteiger partial charge is 0.494 e. The SMILES string of the molecule is COc1c(C(N)=O)n(CCN(C)C)c2ccccc12. The number of carbonyl (C=O) groups is 1. The van der Waals surface area contributed by atoms with Crippen LogP contribution < -0.4 is 10.5 Å². The summed E-state index contributed by atoms with van der Waals surface area (Å²) in [5.74, 6) is 0.0914. The average molecular weight is 261 g/mol. The molecule has 0 aliphatic carbocycles. The van der Waals surface area contributed by atoms with Crippen LogP contribution in [0.5, 0.6) is 5.75 Å². The minimum atomic E-state index is -0.466. The Labute approximate surface area is 112 Å². The zero-order valence-electron chi connectivity index (χ0n) is 11.5. The van der Waals surface area contributed by atoms with E-state index in [1.165, 1.54) is 0 Å². The topological polar surface area (TPSA) is 60.5 Å². The number of hydrogen-bond donors (Lipinski definition) is 1. The highest BCUT2D eigenvalue weighted by atomic mass is 16.5. The van der Waals surface area contributed by atoms with E-state index in [0.717, 1.165) is 17.4 Å². The second kappa shape index (κ2) is 5.32. The molecule has 1 amide bonds. The molecule has 0 spiro atoms. The van der Waals surface area contributed by atoms with Crippen LogP contribution in [0.25, 0.3) is 10.9 Å². The molecule has 0 radical (unpaired) electrons. The van der Waals surface area contributed by atoms with Crippen molar-refractivity contribution in [1.82, 2.24) is 9.47 Å². The first-order valence-corrected chi connectivity index (χ1v) is 6.16. The quantitative estimate of drug-likeness (QED) is 0.882. The summed E-state index contributed by atoms with van der Waals surface area (Å²) in [4.78, 5) is 13.8. The Morgan fingerprint density at radius 3 is 2.63 bits per heavy atom. The van der Waals surface area contributed by atoms with Gasteiger partial charge in [-0.2, -0.15) is 0 Å². The summed E-state index contributed by atoms with van der Waals surface area (Å²) in [6, 6.07) is 7.78. The van der Waals surface area contributed by atoms with Gasteiger partial charge in [-0.25, -0.2) is 0 Å². The van der Waals surface area contributed by atoms with Gasteiger partial charge in [0.1, 0.15) is 0 Å². The number of hydrogen-bond acceptors (Lipinski definition) is 3. The lowest BCUT2D eigenvalue weighted by atomic mass is 10.2. The molecule has 0 fully saturated rings. The molecule has 0 bridgehead atoms. The maximum absolute atomic E-state index is 11.7. The van der Waals surface area contributed by atoms with Crippen LogP contribution in [-0.4, -0.2) is 43.1 Å². The van der Waals surface area contributed by atoms with Crippen molar-refractivity contribution in [2.75, 3.05) is 27.7 Å². The smallest absolute Gasteiger partial charge is 0.269 e. The van der Waals surface area contributed by atoms with Crippen molar-refractivity contribution in [2.24, 2.45) is 5.73 Å². The third kappa shape index (κ3) is 2.42. The van der Waals surface area contributed by atoms with Crippen LogP contribution >= 0.6 is 0 Å². The lowest BCUT2D eigenvalue weighted by molar-refractivity contribution is 0.0988. The van der Waals surface area contributed by atoms with Crippen molar-refractivity contribution in [3.05, 3.63) is 30.0 Å². The van der Waals surface area contributed by atoms with E-state index < -0.39 is 5.91 Å². The number of amides is 1. The zero-order chi connectivity index (χ0) is 14.0. The van der Waals surface area contributed by atoms with Crippen molar-refractivity contribution in [3.8, 4) is 5.75 Å². The Hall–Kier alpha value is -2.01. The van der Waals surface area contributed by atoms with Crippen LogP contribution in [0.2, 0.25) is 0 Å². The lowest BCUT2D eigenvalue weighted by Crippen LogP contribution is -2.23. The van der Waals surface area contributed by atoms with Gasteiger partial charge in [-0.3, -0.25) is 4.79 Å². The van der Waals surface area contributed by atoms with Gasteiger partial charge in [-0.1, -0.05) is 12.1 Å². The zero-order valence-corrected chi connectivity index (χ0v) is 11.5. The van der Waals surface area contributed by atoms with Gasteiger partial charge < -0.3 is 19.9 Å². The van der Waals surface area contributed by atoms with Gasteiger partial charge >= 0.3 is 0 Å². The number of aromatic nitrogens is 1. The third-order valence-corrected chi connectivity index (χ3v) is 3.13. The fourth-order valence-corrected chi connectivity index (χ4v) is 2.26. The summed E-state index contributed by atoms with van der Waals surface area (Å²) in [5.41, 5.74) is 6.91. The summed E-state index contributed by atoms with van der Waals surface area (Å²) in [6.45, 7) is 1.51. The predicted octanol–water partition coefficient (Wildman–Crippen LogP) is 1.31. The van der Waals surface area contributed by atoms with E-state index in [0.29, 0.717) is 18.0 Å². The van der Waals surface area contributed by atoms with Gasteiger partial charge in [0.25, 0.3) is 5.91 Å². The maximum Gasteiger partial charge on any atom is 0.269 e. The number of nitrogens with two attached hydrogens (primary N) is 1. The van der Waals surface area contributed by atoms with E-state index in [9.17, 15) is 4.79 Å². The second-order valence-corrected chi connectivity index (χ2v) is 4.72. The molecule has 19 heavy (non-hydrogen) atoms. The van der Waals surface area contributed by atoms with Crippen LogP contribution in [-0.2, 0) is 6.54 Å². The van der Waals surface area contributed by atoms with Gasteiger partial charge in [-0.15, -0.1) is 0 Å². The fraction of sp³-hybridized carbons (Fsp3) is 0.357. The number of para-hydroxylation sites is 1. The lowest BCUT2D eigenvalue weighted by Gasteiger charge is -2.13. The molecule has 5 nitrogen and oxygen atoms in total. The van der Waals surface area contributed by atoms with Crippen molar-refractivity contribution < 1.29 is 9.53 Å². The van der Waals surface area contributed by atoms with E-state index in [2.05, 4.69) is 4.90 Å². The van der Waals surface area contributed by atoms with Gasteiger partial charge in [0.15, 0.2) is 11.4 Å². The Morgan fingerprint density at radius 1 is 1.37 bits per heavy atom. The molecule has 0 saturated heterocycles. The van der Waals surface area contributed by atoms with E-state index in [1.807, 2.05) is 42.9 Å². The molecule has 0 unspecified atom stereocenters. The van der Waals surface area contributed by atoms with E-state index in [4.69, 9.17) is 10.5 Å². The van der Waals surface area contributed by atoms with Crippen LogP contribution in [0.1, 0.15) is 10.5 Å². The minimum Gasteiger partial charge on any atom is -0.494 e. The highest BCUT2D eigenvalue weighted by Crippen LogP contribution is 2.32. The number of fused-ring (bicyclic) bond motifs is 1. The van der Waals surface area contributed by atoms with Crippen molar-refractivity contribution >= 4 is 16.8 Å². The third-order valence-electron chi connectivity index (χ3n) is 3.13. The molecular formula is C14H19N3O2. The number of methoxy groups -OCH3 is 1. The number of primary amides is 1. The van der Waals surface area contributed by atoms with Crippen molar-refractivity contribution in [1.29, 1.82) is 0 Å². The monoisotopic (exact) mass is 261 g/mol. The fourth-order valence-electron chi connectivity index (χ4n) is 2.26. The molecule has 1 aromatic heterocycles. The molecule has 0 saturated carbocycles. The number of rotatable bonds is 5. The van der Waals surface area contributed by atoms with Crippen LogP contribution in [0.15, 0.2) is 24.3 Å². The van der Waals surface area contributed by atoms with Crippen molar-refractivity contribution in [3.63, 3.8) is 0 Å². The van der Waals surface area contributed by atoms with E-state index in [-0.39, 0.29) is 0 Å². The summed E-state index contributed by atoms with van der Waals surface area (Å²) < 4.78 is 7.30. The Morgan fingerprint density at radius 2 is 2.05 bits per heavy atom. The van der Waals surface area contributed by atoms with Crippen molar-refractivity contribution in [2.45, 2.75) is 6.54 Å². The molecular weight excluding hydrogens is 242 g/mol. The maximum atomic E-state index is 11.7. The molecule has 102 valence electrons. The molecule has 0 atom stereocenters. The molecule has 1 aromatic carbocycles. The number of carbonyl (C=O) groups excluding carboxylic acids is 1. The highest BCUT2D eigenvalue weighted by molar-refractivity contribution is 6.03. The van der Waals surface area contributed by atoms with Crippen LogP contribution in [0, 0.1) is 0 Å². The van der Waals surface area contributed by atoms with Gasteiger partial charge in [-0.05, 0) is 26.2 Å². The van der Waals surface area contributed by atoms with E-state index in [1.54, 1.807) is 7.11 Å². The summed E-state index contributed by atoms with van der Waals surface area (Å²) >= 11 is 0. The first-order chi connectivity index (χ1) is 9.06. The number of likely N-dealkylation sites (N-methyl/N-ethyl adjacent to an activating group) is 1. The Balaban J connectivity index is 2.64. The van der Waals surface area contributed by atoms with Crippen LogP contribution in [0.4, 0.5) is 0 Å². The standard InChI is InChI=1S/C14H19N3O2/c1-16(2)8-9-17-11-7-5-4-6-10(11)13(19-3)12(17)14(15)18/h4-7H,8-9H2,1-3H3,(H2,15,18). The van der Waals surface area contributed by atoms with Gasteiger partial charge in [0.2, 0.25) is 0 Å². The number of benzene rings is 1. The van der Waals surface area contributed by atoms with Crippen LogP contribution in [0.3, 0.4) is 0 Å². The minimum absolute atomic E-state index is 0.436. The molecule has 2 rings (SSSR count). The van der Waals surface area contributed by atoms with E-state index >= 15 is 0 Å². The molecule has 1 heterocycles. The molecule has 0 aliphatic heterocycles.